The van der Waals surface area contributed by atoms with Crippen molar-refractivity contribution in [1.29, 1.82) is 0 Å². The van der Waals surface area contributed by atoms with Crippen LogP contribution in [0, 0.1) is 5.92 Å². The van der Waals surface area contributed by atoms with Crippen LogP contribution in [0.4, 0.5) is 0 Å². The third-order valence-electron chi connectivity index (χ3n) is 2.35. The molecule has 0 radical (unpaired) electrons. The third-order valence-corrected chi connectivity index (χ3v) is 2.35. The van der Waals surface area contributed by atoms with E-state index in [1.807, 2.05) is 0 Å². The first kappa shape index (κ1) is 11.0. The molecule has 1 aliphatic heterocycles. The van der Waals surface area contributed by atoms with Crippen molar-refractivity contribution in [2.75, 3.05) is 0 Å². The van der Waals surface area contributed by atoms with E-state index in [0.29, 0.717) is 12.3 Å². The monoisotopic (exact) mass is 198 g/mol. The normalized spacial score (nSPS) is 26.4. The molecule has 0 aromatic heterocycles. The van der Waals surface area contributed by atoms with Crippen LogP contribution in [0.25, 0.3) is 0 Å². The highest BCUT2D eigenvalue weighted by molar-refractivity contribution is 5.81. The zero-order valence-electron chi connectivity index (χ0n) is 8.96. The van der Waals surface area contributed by atoms with Crippen molar-refractivity contribution in [3.8, 4) is 0 Å². The third kappa shape index (κ3) is 3.01. The Labute approximate surface area is 84.4 Å². The lowest BCUT2D eigenvalue weighted by molar-refractivity contribution is -0.119. The lowest BCUT2D eigenvalue weighted by Gasteiger charge is -2.20. The summed E-state index contributed by atoms with van der Waals surface area (Å²) >= 11 is 0. The van der Waals surface area contributed by atoms with Gasteiger partial charge < -0.3 is 10.6 Å². The van der Waals surface area contributed by atoms with Gasteiger partial charge in [-0.2, -0.15) is 0 Å². The predicted octanol–water partition coefficient (Wildman–Crippen LogP) is 0.426. The van der Waals surface area contributed by atoms with Crippen LogP contribution in [0.5, 0.6) is 0 Å². The summed E-state index contributed by atoms with van der Waals surface area (Å²) in [5.74, 6) is 0.490. The number of amides is 2. The maximum atomic E-state index is 11.2. The summed E-state index contributed by atoms with van der Waals surface area (Å²) in [7, 11) is 0. The zero-order valence-corrected chi connectivity index (χ0v) is 8.96. The van der Waals surface area contributed by atoms with E-state index in [0.717, 1.165) is 6.42 Å². The molecular formula is C10H18N2O2. The average Bonchev–Trinajstić information content (AvgIpc) is 2.28. The van der Waals surface area contributed by atoms with Gasteiger partial charge in [-0.1, -0.05) is 13.8 Å². The summed E-state index contributed by atoms with van der Waals surface area (Å²) in [5, 5.41) is 5.69. The number of rotatable bonds is 3. The van der Waals surface area contributed by atoms with Gasteiger partial charge in [0.15, 0.2) is 0 Å². The molecule has 0 aliphatic carbocycles. The first-order valence-electron chi connectivity index (χ1n) is 5.05. The molecule has 80 valence electrons. The lowest BCUT2D eigenvalue weighted by atomic mass is 9.99. The summed E-state index contributed by atoms with van der Waals surface area (Å²) in [6.45, 7) is 5.69. The first-order chi connectivity index (χ1) is 6.49. The quantitative estimate of drug-likeness (QED) is 0.690. The minimum absolute atomic E-state index is 0.0256. The number of carbonyl (C=O) groups excluding carboxylic acids is 2. The van der Waals surface area contributed by atoms with Crippen molar-refractivity contribution in [2.24, 2.45) is 5.92 Å². The Hall–Kier alpha value is -1.06. The van der Waals surface area contributed by atoms with E-state index in [1.54, 1.807) is 0 Å². The first-order valence-corrected chi connectivity index (χ1v) is 5.05. The number of hydrogen-bond donors (Lipinski definition) is 2. The Morgan fingerprint density at radius 3 is 2.79 bits per heavy atom. The molecule has 1 heterocycles. The summed E-state index contributed by atoms with van der Waals surface area (Å²) in [5.41, 5.74) is 0. The van der Waals surface area contributed by atoms with E-state index in [2.05, 4.69) is 24.5 Å². The second-order valence-electron chi connectivity index (χ2n) is 4.31. The summed E-state index contributed by atoms with van der Waals surface area (Å²) < 4.78 is 0. The lowest BCUT2D eigenvalue weighted by Crippen LogP contribution is -2.43. The maximum absolute atomic E-state index is 11.2. The minimum Gasteiger partial charge on any atom is -0.351 e. The molecule has 2 N–H and O–H groups in total. The van der Waals surface area contributed by atoms with Crippen LogP contribution in [-0.2, 0) is 9.59 Å². The maximum Gasteiger partial charge on any atom is 0.222 e. The molecule has 0 unspecified atom stereocenters. The summed E-state index contributed by atoms with van der Waals surface area (Å²) in [6, 6.07) is 0.0776. The molecule has 1 aliphatic rings. The van der Waals surface area contributed by atoms with Crippen LogP contribution in [0.1, 0.15) is 33.6 Å². The molecule has 0 aromatic rings. The largest absolute Gasteiger partial charge is 0.351 e. The molecule has 0 bridgehead atoms. The van der Waals surface area contributed by atoms with Gasteiger partial charge in [-0.3, -0.25) is 9.59 Å². The van der Waals surface area contributed by atoms with Crippen molar-refractivity contribution in [2.45, 2.75) is 45.7 Å². The van der Waals surface area contributed by atoms with Crippen molar-refractivity contribution in [3.63, 3.8) is 0 Å². The van der Waals surface area contributed by atoms with Gasteiger partial charge in [0, 0.05) is 19.4 Å². The van der Waals surface area contributed by atoms with Gasteiger partial charge in [0.1, 0.15) is 0 Å². The van der Waals surface area contributed by atoms with Crippen LogP contribution in [0.3, 0.4) is 0 Å². The SMILES string of the molecule is CC(=O)N[C@H]1CC(=O)N[C@H]1CC(C)C. The Balaban J connectivity index is 2.53. The molecule has 0 aromatic carbocycles. The average molecular weight is 198 g/mol. The van der Waals surface area contributed by atoms with Crippen molar-refractivity contribution >= 4 is 11.8 Å². The molecule has 14 heavy (non-hydrogen) atoms. The Morgan fingerprint density at radius 1 is 1.64 bits per heavy atom. The summed E-state index contributed by atoms with van der Waals surface area (Å²) in [4.78, 5) is 22.1. The second-order valence-corrected chi connectivity index (χ2v) is 4.31. The van der Waals surface area contributed by atoms with Crippen LogP contribution in [-0.4, -0.2) is 23.9 Å². The van der Waals surface area contributed by atoms with Crippen molar-refractivity contribution in [3.05, 3.63) is 0 Å². The molecule has 0 saturated carbocycles. The topological polar surface area (TPSA) is 58.2 Å². The molecule has 4 heteroatoms. The Bertz CT molecular complexity index is 238. The smallest absolute Gasteiger partial charge is 0.222 e. The Morgan fingerprint density at radius 2 is 2.29 bits per heavy atom. The van der Waals surface area contributed by atoms with E-state index in [1.165, 1.54) is 6.92 Å². The van der Waals surface area contributed by atoms with Gasteiger partial charge in [-0.15, -0.1) is 0 Å². The fourth-order valence-electron chi connectivity index (χ4n) is 1.85. The highest BCUT2D eigenvalue weighted by Crippen LogP contribution is 2.16. The van der Waals surface area contributed by atoms with Crippen LogP contribution in [0.2, 0.25) is 0 Å². The summed E-state index contributed by atoms with van der Waals surface area (Å²) in [6.07, 6.45) is 1.33. The standard InChI is InChI=1S/C10H18N2O2/c1-6(2)4-8-9(11-7(3)13)5-10(14)12-8/h6,8-9H,4-5H2,1-3H3,(H,11,13)(H,12,14)/t8-,9-/m0/s1. The second kappa shape index (κ2) is 4.44. The van der Waals surface area contributed by atoms with Crippen LogP contribution in [0.15, 0.2) is 0 Å². The molecule has 2 amide bonds. The molecule has 1 saturated heterocycles. The van der Waals surface area contributed by atoms with Crippen molar-refractivity contribution < 1.29 is 9.59 Å². The number of carbonyl (C=O) groups is 2. The van der Waals surface area contributed by atoms with Gasteiger partial charge >= 0.3 is 0 Å². The highest BCUT2D eigenvalue weighted by atomic mass is 16.2. The number of nitrogens with one attached hydrogen (secondary N) is 2. The number of hydrogen-bond acceptors (Lipinski definition) is 2. The van der Waals surface area contributed by atoms with E-state index < -0.39 is 0 Å². The highest BCUT2D eigenvalue weighted by Gasteiger charge is 2.32. The van der Waals surface area contributed by atoms with Gasteiger partial charge in [0.25, 0.3) is 0 Å². The van der Waals surface area contributed by atoms with Gasteiger partial charge in [-0.25, -0.2) is 0 Å². The molecule has 4 nitrogen and oxygen atoms in total. The van der Waals surface area contributed by atoms with E-state index >= 15 is 0 Å². The zero-order chi connectivity index (χ0) is 10.7. The minimum atomic E-state index is -0.0692. The molecule has 1 fully saturated rings. The Kier molecular flexibility index (Phi) is 3.49. The van der Waals surface area contributed by atoms with Crippen LogP contribution >= 0.6 is 0 Å². The molecular weight excluding hydrogens is 180 g/mol. The van der Waals surface area contributed by atoms with Crippen LogP contribution < -0.4 is 10.6 Å². The van der Waals surface area contributed by atoms with E-state index in [4.69, 9.17) is 0 Å². The fourth-order valence-corrected chi connectivity index (χ4v) is 1.85. The van der Waals surface area contributed by atoms with E-state index in [-0.39, 0.29) is 23.9 Å². The van der Waals surface area contributed by atoms with Crippen molar-refractivity contribution in [1.82, 2.24) is 10.6 Å². The predicted molar refractivity (Wildman–Crippen MR) is 53.6 cm³/mol. The molecule has 2 atom stereocenters. The van der Waals surface area contributed by atoms with Gasteiger partial charge in [0.05, 0.1) is 6.04 Å². The molecule has 0 spiro atoms. The molecule has 1 rings (SSSR count). The van der Waals surface area contributed by atoms with Gasteiger partial charge in [-0.05, 0) is 12.3 Å². The van der Waals surface area contributed by atoms with Gasteiger partial charge in [0.2, 0.25) is 11.8 Å². The van der Waals surface area contributed by atoms with E-state index in [9.17, 15) is 9.59 Å². The fraction of sp³-hybridized carbons (Fsp3) is 0.800.